The Morgan fingerprint density at radius 3 is 1.46 bits per heavy atom. The summed E-state index contributed by atoms with van der Waals surface area (Å²) in [4.78, 5) is 29.2. The second kappa shape index (κ2) is 15.0. The number of carbonyl (C=O) groups excluding carboxylic acids is 2. The zero-order chi connectivity index (χ0) is 33.3. The lowest BCUT2D eigenvalue weighted by molar-refractivity contribution is -0.154. The van der Waals surface area contributed by atoms with Gasteiger partial charge in [0.2, 0.25) is 0 Å². The number of nitrogens with zero attached hydrogens (tertiary/aromatic N) is 1. The molecule has 0 fully saturated rings. The molecule has 4 rings (SSSR count). The van der Waals surface area contributed by atoms with Crippen LogP contribution in [0.1, 0.15) is 46.6 Å². The second-order valence-corrected chi connectivity index (χ2v) is 14.9. The van der Waals surface area contributed by atoms with Crippen LogP contribution in [0.3, 0.4) is 0 Å². The Kier molecular flexibility index (Phi) is 11.2. The predicted molar refractivity (Wildman–Crippen MR) is 185 cm³/mol. The molecule has 0 saturated heterocycles. The third-order valence-electron chi connectivity index (χ3n) is 7.82. The van der Waals surface area contributed by atoms with Crippen LogP contribution in [0.15, 0.2) is 133 Å². The van der Waals surface area contributed by atoms with E-state index in [4.69, 9.17) is 9.47 Å². The molecule has 236 valence electrons. The number of nitriles is 1. The molecule has 0 aliphatic carbocycles. The maximum atomic E-state index is 14.8. The Bertz CT molecular complexity index is 1590. The van der Waals surface area contributed by atoms with Crippen molar-refractivity contribution in [1.29, 1.82) is 5.26 Å². The van der Waals surface area contributed by atoms with Crippen molar-refractivity contribution < 1.29 is 24.2 Å². The summed E-state index contributed by atoms with van der Waals surface area (Å²) in [5, 5.41) is 26.2. The standard InChI is InChI=1S/C39H40NO5P/c1-6-34(41)39(27-40,30-19-11-7-12-20-30)35(37(42)44-28(2)3)36(38(43)45-29(4)5)46(31-21-13-8-14-22-31,32-23-15-9-16-24-32)33-25-17-10-18-26-33/h7-26,28-29,35H,6H2,1-5H3/p+1/b38-36+. The number of Topliss-reactive ketones (excluding diaryl/α,β-unsaturated/α-hetero) is 1. The lowest BCUT2D eigenvalue weighted by Gasteiger charge is -2.38. The Morgan fingerprint density at radius 2 is 1.11 bits per heavy atom. The van der Waals surface area contributed by atoms with Crippen LogP contribution in [0.2, 0.25) is 0 Å². The molecular weight excluding hydrogens is 593 g/mol. The van der Waals surface area contributed by atoms with E-state index in [1.54, 1.807) is 65.0 Å². The van der Waals surface area contributed by atoms with Crippen LogP contribution in [0.25, 0.3) is 0 Å². The van der Waals surface area contributed by atoms with Crippen molar-refractivity contribution in [2.45, 2.75) is 58.7 Å². The summed E-state index contributed by atoms with van der Waals surface area (Å²) in [6.07, 6.45) is -1.12. The minimum absolute atomic E-state index is 0.0412. The van der Waals surface area contributed by atoms with Gasteiger partial charge in [0.25, 0.3) is 0 Å². The fourth-order valence-electron chi connectivity index (χ4n) is 6.02. The highest BCUT2D eigenvalue weighted by atomic mass is 31.2. The molecule has 6 nitrogen and oxygen atoms in total. The van der Waals surface area contributed by atoms with Gasteiger partial charge in [0.05, 0.1) is 18.3 Å². The van der Waals surface area contributed by atoms with Gasteiger partial charge in [-0.25, -0.2) is 0 Å². The monoisotopic (exact) mass is 634 g/mol. The third kappa shape index (κ3) is 6.48. The number of hydrogen-bond donors (Lipinski definition) is 1. The molecule has 46 heavy (non-hydrogen) atoms. The Balaban J connectivity index is 2.35. The number of esters is 1. The van der Waals surface area contributed by atoms with Gasteiger partial charge >= 0.3 is 11.9 Å². The maximum Gasteiger partial charge on any atom is 0.319 e. The van der Waals surface area contributed by atoms with Crippen molar-refractivity contribution >= 4 is 34.9 Å². The van der Waals surface area contributed by atoms with E-state index in [0.29, 0.717) is 5.56 Å². The molecule has 0 aliphatic heterocycles. The van der Waals surface area contributed by atoms with Gasteiger partial charge in [0.15, 0.2) is 22.4 Å². The van der Waals surface area contributed by atoms with Crippen LogP contribution < -0.4 is 15.9 Å². The number of hydrogen-bond acceptors (Lipinski definition) is 6. The first kappa shape index (κ1) is 34.2. The van der Waals surface area contributed by atoms with E-state index >= 15 is 0 Å². The highest BCUT2D eigenvalue weighted by Crippen LogP contribution is 2.68. The van der Waals surface area contributed by atoms with Crippen LogP contribution in [0, 0.1) is 17.2 Å². The first-order chi connectivity index (χ1) is 22.1. The average molecular weight is 635 g/mol. The molecule has 0 radical (unpaired) electrons. The first-order valence-corrected chi connectivity index (χ1v) is 17.3. The Morgan fingerprint density at radius 1 is 0.717 bits per heavy atom. The summed E-state index contributed by atoms with van der Waals surface area (Å²) < 4.78 is 12.1. The molecule has 4 aromatic rings. The number of ketones is 1. The molecular formula is C39H41NO5P+. The number of benzene rings is 4. The van der Waals surface area contributed by atoms with Gasteiger partial charge in [-0.1, -0.05) is 91.9 Å². The number of aliphatic hydroxyl groups excluding tert-OH is 1. The molecule has 0 heterocycles. The second-order valence-electron chi connectivity index (χ2n) is 11.5. The van der Waals surface area contributed by atoms with Gasteiger partial charge in [-0.2, -0.15) is 5.26 Å². The van der Waals surface area contributed by atoms with Gasteiger partial charge in [0.1, 0.15) is 23.2 Å². The maximum absolute atomic E-state index is 14.8. The largest absolute Gasteiger partial charge is 0.478 e. The van der Waals surface area contributed by atoms with E-state index in [1.807, 2.05) is 91.0 Å². The summed E-state index contributed by atoms with van der Waals surface area (Å²) in [6, 6.07) is 39.8. The number of ether oxygens (including phenoxy) is 2. The highest BCUT2D eigenvalue weighted by molar-refractivity contribution is 7.99. The van der Waals surface area contributed by atoms with E-state index in [1.165, 1.54) is 0 Å². The molecule has 1 N–H and O–H groups in total. The Hall–Kier alpha value is -4.72. The lowest BCUT2D eigenvalue weighted by atomic mass is 9.67. The molecule has 0 amide bonds. The summed E-state index contributed by atoms with van der Waals surface area (Å²) in [5.41, 5.74) is -1.74. The van der Waals surface area contributed by atoms with Crippen molar-refractivity contribution in [3.05, 3.63) is 138 Å². The predicted octanol–water partition coefficient (Wildman–Crippen LogP) is 7.14. The first-order valence-electron chi connectivity index (χ1n) is 15.5. The molecule has 4 aromatic carbocycles. The normalized spacial score (nSPS) is 14.0. The SMILES string of the molecule is CCC(=O)C(C#N)(c1ccccc1)C(C(=O)OC(C)C)/C(=C(/O)OC(C)C)[P+](c1ccccc1)(c1ccccc1)c1ccccc1. The van der Waals surface area contributed by atoms with E-state index in [9.17, 15) is 20.0 Å². The average Bonchev–Trinajstić information content (AvgIpc) is 3.07. The quantitative estimate of drug-likeness (QED) is 0.0954. The van der Waals surface area contributed by atoms with Gasteiger partial charge in [-0.15, -0.1) is 0 Å². The fraction of sp³-hybridized carbons (Fsp3) is 0.256. The molecule has 0 aliphatic rings. The lowest BCUT2D eigenvalue weighted by Crippen LogP contribution is -2.50. The summed E-state index contributed by atoms with van der Waals surface area (Å²) in [7, 11) is -3.31. The van der Waals surface area contributed by atoms with Crippen LogP contribution in [0.5, 0.6) is 0 Å². The molecule has 0 saturated carbocycles. The van der Waals surface area contributed by atoms with Crippen LogP contribution in [-0.4, -0.2) is 29.1 Å². The number of carbonyl (C=O) groups is 2. The van der Waals surface area contributed by atoms with Gasteiger partial charge in [-0.3, -0.25) is 9.59 Å². The molecule has 0 spiro atoms. The molecule has 2 unspecified atom stereocenters. The zero-order valence-electron chi connectivity index (χ0n) is 27.0. The number of aliphatic hydroxyl groups is 1. The topological polar surface area (TPSA) is 96.6 Å². The minimum Gasteiger partial charge on any atom is -0.478 e. The van der Waals surface area contributed by atoms with E-state index < -0.39 is 48.5 Å². The van der Waals surface area contributed by atoms with Crippen molar-refractivity contribution in [2.75, 3.05) is 0 Å². The van der Waals surface area contributed by atoms with Gasteiger partial charge in [-0.05, 0) is 69.7 Å². The molecule has 7 heteroatoms. The van der Waals surface area contributed by atoms with E-state index in [0.717, 1.165) is 15.9 Å². The van der Waals surface area contributed by atoms with Crippen LogP contribution in [-0.2, 0) is 24.5 Å². The summed E-state index contributed by atoms with van der Waals surface area (Å²) in [5.74, 6) is -3.38. The van der Waals surface area contributed by atoms with Crippen molar-refractivity contribution in [3.63, 3.8) is 0 Å². The Labute approximate surface area is 272 Å². The molecule has 0 aromatic heterocycles. The van der Waals surface area contributed by atoms with Crippen molar-refractivity contribution in [1.82, 2.24) is 0 Å². The van der Waals surface area contributed by atoms with E-state index in [2.05, 4.69) is 6.07 Å². The van der Waals surface area contributed by atoms with Gasteiger partial charge in [0, 0.05) is 6.42 Å². The van der Waals surface area contributed by atoms with Gasteiger partial charge < -0.3 is 14.6 Å². The highest BCUT2D eigenvalue weighted by Gasteiger charge is 2.65. The number of rotatable bonds is 13. The minimum atomic E-state index is -3.31. The third-order valence-corrected chi connectivity index (χ3v) is 12.2. The zero-order valence-corrected chi connectivity index (χ0v) is 27.9. The van der Waals surface area contributed by atoms with Crippen molar-refractivity contribution in [3.8, 4) is 6.07 Å². The summed E-state index contributed by atoms with van der Waals surface area (Å²) in [6.45, 7) is 8.65. The summed E-state index contributed by atoms with van der Waals surface area (Å²) >= 11 is 0. The van der Waals surface area contributed by atoms with Crippen LogP contribution in [0.4, 0.5) is 0 Å². The van der Waals surface area contributed by atoms with Crippen LogP contribution >= 0.6 is 7.26 Å². The molecule has 2 atom stereocenters. The van der Waals surface area contributed by atoms with Crippen molar-refractivity contribution in [2.24, 2.45) is 5.92 Å². The smallest absolute Gasteiger partial charge is 0.319 e. The van der Waals surface area contributed by atoms with E-state index in [-0.39, 0.29) is 11.7 Å². The fourth-order valence-corrected chi connectivity index (χ4v) is 10.6. The molecule has 0 bridgehead atoms.